The molecule has 1 spiro atoms. The summed E-state index contributed by atoms with van der Waals surface area (Å²) in [6.07, 6.45) is 2.04. The van der Waals surface area contributed by atoms with Crippen molar-refractivity contribution in [3.63, 3.8) is 0 Å². The largest absolute Gasteiger partial charge is 0.467 e. The Hall–Kier alpha value is -3.11. The summed E-state index contributed by atoms with van der Waals surface area (Å²) in [4.78, 5) is 36.0. The number of piperidine rings is 1. The van der Waals surface area contributed by atoms with E-state index < -0.39 is 5.72 Å². The summed E-state index contributed by atoms with van der Waals surface area (Å²) in [6.45, 7) is 5.75. The van der Waals surface area contributed by atoms with Crippen LogP contribution in [0.4, 0.5) is 9.80 Å². The van der Waals surface area contributed by atoms with Gasteiger partial charge in [-0.25, -0.2) is 4.79 Å². The van der Waals surface area contributed by atoms with Gasteiger partial charge in [-0.05, 0) is 49.1 Å². The minimum Gasteiger partial charge on any atom is -0.467 e. The van der Waals surface area contributed by atoms with Crippen LogP contribution in [0.3, 0.4) is 0 Å². The Morgan fingerprint density at radius 3 is 2.69 bits per heavy atom. The van der Waals surface area contributed by atoms with Gasteiger partial charge >= 0.3 is 6.03 Å². The predicted octanol–water partition coefficient (Wildman–Crippen LogP) is 4.87. The molecule has 8 nitrogen and oxygen atoms in total. The van der Waals surface area contributed by atoms with Crippen LogP contribution in [0.1, 0.15) is 35.7 Å². The van der Waals surface area contributed by atoms with Crippen LogP contribution >= 0.6 is 27.3 Å². The number of nitrogens with one attached hydrogen (secondary N) is 3. The molecule has 1 saturated heterocycles. The van der Waals surface area contributed by atoms with E-state index in [1.165, 1.54) is 10.1 Å². The van der Waals surface area contributed by atoms with Crippen molar-refractivity contribution in [3.05, 3.63) is 58.1 Å². The topological polar surface area (TPSA) is 99.8 Å². The highest BCUT2D eigenvalue weighted by molar-refractivity contribution is 9.10. The lowest BCUT2D eigenvalue weighted by atomic mass is 9.97. The Morgan fingerprint density at radius 2 is 2.00 bits per heavy atom. The Bertz CT molecular complexity index is 1250. The van der Waals surface area contributed by atoms with Gasteiger partial charge in [-0.1, -0.05) is 34.1 Å². The van der Waals surface area contributed by atoms with Crippen LogP contribution in [0.25, 0.3) is 10.1 Å². The van der Waals surface area contributed by atoms with E-state index in [1.54, 1.807) is 28.4 Å². The van der Waals surface area contributed by atoms with Gasteiger partial charge in [0, 0.05) is 41.6 Å². The number of likely N-dealkylation sites (tertiary alicyclic amines) is 1. The van der Waals surface area contributed by atoms with E-state index in [4.69, 9.17) is 4.74 Å². The number of hydrogen-bond acceptors (Lipinski definition) is 5. The number of halogens is 1. The fourth-order valence-electron chi connectivity index (χ4n) is 4.10. The SMILES string of the molecule is CCNC(=O)Nc1sc2ccccc2c1C.O=CN1CCC2(CC1)NC(=O)c1cc(Br)ccc1O2. The van der Waals surface area contributed by atoms with Gasteiger partial charge in [-0.15, -0.1) is 11.3 Å². The maximum absolute atomic E-state index is 12.2. The zero-order chi connectivity index (χ0) is 25.0. The number of thiophene rings is 1. The summed E-state index contributed by atoms with van der Waals surface area (Å²) in [5.41, 5.74) is 1.00. The molecule has 1 aromatic heterocycles. The third kappa shape index (κ3) is 5.59. The number of carbonyl (C=O) groups is 3. The molecule has 0 atom stereocenters. The van der Waals surface area contributed by atoms with E-state index in [-0.39, 0.29) is 11.9 Å². The van der Waals surface area contributed by atoms with Crippen molar-refractivity contribution in [2.24, 2.45) is 0 Å². The Balaban J connectivity index is 0.000000168. The number of rotatable bonds is 3. The molecule has 2 aliphatic heterocycles. The summed E-state index contributed by atoms with van der Waals surface area (Å²) in [7, 11) is 0. The summed E-state index contributed by atoms with van der Waals surface area (Å²) in [5, 5.41) is 10.7. The molecule has 0 radical (unpaired) electrons. The lowest BCUT2D eigenvalue weighted by Crippen LogP contribution is -2.60. The molecule has 0 aliphatic carbocycles. The number of ether oxygens (including phenoxy) is 1. The Labute approximate surface area is 216 Å². The second-order valence-corrected chi connectivity index (χ2v) is 10.3. The average molecular weight is 559 g/mol. The van der Waals surface area contributed by atoms with Gasteiger partial charge in [0.1, 0.15) is 10.8 Å². The lowest BCUT2D eigenvalue weighted by molar-refractivity contribution is -0.122. The molecule has 184 valence electrons. The van der Waals surface area contributed by atoms with E-state index in [1.807, 2.05) is 32.0 Å². The van der Waals surface area contributed by atoms with Crippen molar-refractivity contribution in [1.29, 1.82) is 0 Å². The first-order valence-corrected chi connectivity index (χ1v) is 13.0. The van der Waals surface area contributed by atoms with Crippen molar-refractivity contribution in [1.82, 2.24) is 15.5 Å². The van der Waals surface area contributed by atoms with Crippen molar-refractivity contribution in [3.8, 4) is 5.75 Å². The Morgan fingerprint density at radius 1 is 1.26 bits per heavy atom. The maximum atomic E-state index is 12.2. The van der Waals surface area contributed by atoms with Gasteiger partial charge < -0.3 is 20.3 Å². The first-order valence-electron chi connectivity index (χ1n) is 11.4. The summed E-state index contributed by atoms with van der Waals surface area (Å²) >= 11 is 4.95. The van der Waals surface area contributed by atoms with E-state index in [0.29, 0.717) is 43.8 Å². The standard InChI is InChI=1S/C13H13BrN2O3.C12H14N2OS/c14-9-1-2-11-10(7-9)12(18)15-13(19-11)3-5-16(8-17)6-4-13;1-3-13-12(15)14-11-8(2)9-6-4-5-7-10(9)16-11/h1-2,7-8H,3-6H2,(H,15,18);4-7H,3H2,1-2H3,(H2,13,14,15). The maximum Gasteiger partial charge on any atom is 0.319 e. The molecule has 3 aromatic rings. The van der Waals surface area contributed by atoms with Crippen LogP contribution in [0.15, 0.2) is 46.9 Å². The summed E-state index contributed by atoms with van der Waals surface area (Å²) < 4.78 is 8.03. The zero-order valence-corrected chi connectivity index (χ0v) is 21.9. The number of urea groups is 1. The highest BCUT2D eigenvalue weighted by atomic mass is 79.9. The molecular formula is C25H27BrN4O4S. The minimum absolute atomic E-state index is 0.123. The van der Waals surface area contributed by atoms with E-state index in [9.17, 15) is 14.4 Å². The number of hydrogen-bond donors (Lipinski definition) is 3. The summed E-state index contributed by atoms with van der Waals surface area (Å²) in [6, 6.07) is 13.4. The van der Waals surface area contributed by atoms with E-state index in [2.05, 4.69) is 44.0 Å². The third-order valence-corrected chi connectivity index (χ3v) is 7.68. The van der Waals surface area contributed by atoms with Crippen molar-refractivity contribution >= 4 is 60.7 Å². The molecule has 1 fully saturated rings. The number of nitrogens with zero attached hydrogens (tertiary/aromatic N) is 1. The lowest BCUT2D eigenvalue weighted by Gasteiger charge is -2.43. The Kier molecular flexibility index (Phi) is 7.61. The molecule has 0 unspecified atom stereocenters. The van der Waals surface area contributed by atoms with Gasteiger partial charge in [-0.2, -0.15) is 0 Å². The van der Waals surface area contributed by atoms with Crippen LogP contribution in [-0.2, 0) is 4.79 Å². The fourth-order valence-corrected chi connectivity index (χ4v) is 5.56. The third-order valence-electron chi connectivity index (χ3n) is 6.00. The molecule has 2 aromatic carbocycles. The highest BCUT2D eigenvalue weighted by Gasteiger charge is 2.42. The number of carbonyl (C=O) groups excluding carboxylic acids is 3. The number of anilines is 1. The van der Waals surface area contributed by atoms with E-state index >= 15 is 0 Å². The predicted molar refractivity (Wildman–Crippen MR) is 141 cm³/mol. The van der Waals surface area contributed by atoms with Crippen molar-refractivity contribution < 1.29 is 19.1 Å². The van der Waals surface area contributed by atoms with Crippen LogP contribution in [0.5, 0.6) is 5.75 Å². The molecule has 5 rings (SSSR count). The quantitative estimate of drug-likeness (QED) is 0.399. The van der Waals surface area contributed by atoms with E-state index in [0.717, 1.165) is 21.4 Å². The first-order chi connectivity index (χ1) is 16.8. The van der Waals surface area contributed by atoms with Crippen LogP contribution in [0, 0.1) is 6.92 Å². The zero-order valence-electron chi connectivity index (χ0n) is 19.5. The molecular weight excluding hydrogens is 532 g/mol. The molecule has 35 heavy (non-hydrogen) atoms. The first kappa shape index (κ1) is 25.0. The molecule has 4 amide bonds. The van der Waals surface area contributed by atoms with Crippen LogP contribution < -0.4 is 20.7 Å². The number of benzene rings is 2. The van der Waals surface area contributed by atoms with Gasteiger partial charge in [0.25, 0.3) is 5.91 Å². The molecule has 0 bridgehead atoms. The molecule has 3 heterocycles. The second kappa shape index (κ2) is 10.7. The van der Waals surface area contributed by atoms with Gasteiger partial charge in [0.2, 0.25) is 6.41 Å². The molecule has 2 aliphatic rings. The molecule has 3 N–H and O–H groups in total. The highest BCUT2D eigenvalue weighted by Crippen LogP contribution is 2.35. The number of amides is 4. The normalized spacial score (nSPS) is 15.9. The second-order valence-electron chi connectivity index (χ2n) is 8.37. The smallest absolute Gasteiger partial charge is 0.319 e. The van der Waals surface area contributed by atoms with Gasteiger partial charge in [0.15, 0.2) is 5.72 Å². The molecule has 0 saturated carbocycles. The monoisotopic (exact) mass is 558 g/mol. The van der Waals surface area contributed by atoms with Gasteiger partial charge in [0.05, 0.1) is 5.56 Å². The average Bonchev–Trinajstić information content (AvgIpc) is 3.16. The molecule has 10 heteroatoms. The van der Waals surface area contributed by atoms with Crippen molar-refractivity contribution in [2.75, 3.05) is 25.0 Å². The summed E-state index contributed by atoms with van der Waals surface area (Å²) in [5.74, 6) is 0.480. The fraction of sp³-hybridized carbons (Fsp3) is 0.320. The minimum atomic E-state index is -0.669. The number of aryl methyl sites for hydroxylation is 1. The van der Waals surface area contributed by atoms with Crippen LogP contribution in [0.2, 0.25) is 0 Å². The number of fused-ring (bicyclic) bond motifs is 2. The van der Waals surface area contributed by atoms with Crippen molar-refractivity contribution in [2.45, 2.75) is 32.4 Å². The van der Waals surface area contributed by atoms with Gasteiger partial charge in [-0.3, -0.25) is 14.9 Å². The van der Waals surface area contributed by atoms with Crippen LogP contribution in [-0.4, -0.2) is 48.6 Å².